The van der Waals surface area contributed by atoms with E-state index < -0.39 is 0 Å². The Kier molecular flexibility index (Phi) is 4.76. The van der Waals surface area contributed by atoms with E-state index >= 15 is 0 Å². The number of imidazole rings is 1. The summed E-state index contributed by atoms with van der Waals surface area (Å²) in [5, 5.41) is 7.37. The summed E-state index contributed by atoms with van der Waals surface area (Å²) in [4.78, 5) is 16.7. The van der Waals surface area contributed by atoms with Crippen LogP contribution in [0.2, 0.25) is 0 Å². The van der Waals surface area contributed by atoms with Crippen molar-refractivity contribution in [1.29, 1.82) is 0 Å². The van der Waals surface area contributed by atoms with Gasteiger partial charge in [-0.1, -0.05) is 0 Å². The first-order valence-electron chi connectivity index (χ1n) is 8.08. The third kappa shape index (κ3) is 3.44. The van der Waals surface area contributed by atoms with Crippen molar-refractivity contribution in [2.75, 3.05) is 6.61 Å². The van der Waals surface area contributed by atoms with E-state index in [0.717, 1.165) is 18.7 Å². The minimum Gasteiger partial charge on any atom is -0.371 e. The Labute approximate surface area is 135 Å². The van der Waals surface area contributed by atoms with E-state index in [1.165, 1.54) is 0 Å². The van der Waals surface area contributed by atoms with Gasteiger partial charge in [0.25, 0.3) is 0 Å². The lowest BCUT2D eigenvalue weighted by Gasteiger charge is -2.21. The Bertz CT molecular complexity index is 637. The van der Waals surface area contributed by atoms with E-state index in [4.69, 9.17) is 4.74 Å². The van der Waals surface area contributed by atoms with Gasteiger partial charge in [0.2, 0.25) is 5.91 Å². The molecule has 1 N–H and O–H groups in total. The van der Waals surface area contributed by atoms with Crippen LogP contribution in [0.25, 0.3) is 0 Å². The molecule has 0 saturated carbocycles. The molecule has 0 aliphatic carbocycles. The van der Waals surface area contributed by atoms with Gasteiger partial charge in [-0.25, -0.2) is 4.98 Å². The Morgan fingerprint density at radius 1 is 1.52 bits per heavy atom. The van der Waals surface area contributed by atoms with Gasteiger partial charge in [0.1, 0.15) is 6.10 Å². The van der Waals surface area contributed by atoms with Gasteiger partial charge in [-0.3, -0.25) is 9.48 Å². The molecular weight excluding hydrogens is 294 g/mol. The van der Waals surface area contributed by atoms with Crippen LogP contribution in [0.15, 0.2) is 31.0 Å². The number of amides is 1. The van der Waals surface area contributed by atoms with Gasteiger partial charge in [0, 0.05) is 44.3 Å². The number of aromatic nitrogens is 4. The Balaban J connectivity index is 1.64. The SMILES string of the molecule is CCn1nccc1[C@@H]1OCC[C@H]1C(=O)N[C@@H](C)Cn1ccnc1. The highest BCUT2D eigenvalue weighted by Crippen LogP contribution is 2.34. The molecule has 0 bridgehead atoms. The highest BCUT2D eigenvalue weighted by molar-refractivity contribution is 5.80. The number of carbonyl (C=O) groups excluding carboxylic acids is 1. The van der Waals surface area contributed by atoms with Crippen molar-refractivity contribution in [2.24, 2.45) is 5.92 Å². The van der Waals surface area contributed by atoms with Crippen molar-refractivity contribution in [1.82, 2.24) is 24.6 Å². The number of hydrogen-bond acceptors (Lipinski definition) is 4. The number of nitrogens with zero attached hydrogens (tertiary/aromatic N) is 4. The van der Waals surface area contributed by atoms with Gasteiger partial charge in [0.15, 0.2) is 0 Å². The molecule has 3 atom stereocenters. The minimum absolute atomic E-state index is 0.0361. The molecule has 1 amide bonds. The molecule has 2 aromatic rings. The van der Waals surface area contributed by atoms with Gasteiger partial charge in [-0.15, -0.1) is 0 Å². The average Bonchev–Trinajstić information content (AvgIpc) is 3.27. The van der Waals surface area contributed by atoms with E-state index in [0.29, 0.717) is 13.2 Å². The summed E-state index contributed by atoms with van der Waals surface area (Å²) >= 11 is 0. The summed E-state index contributed by atoms with van der Waals surface area (Å²) in [7, 11) is 0. The predicted molar refractivity (Wildman–Crippen MR) is 84.5 cm³/mol. The number of aryl methyl sites for hydroxylation is 1. The largest absolute Gasteiger partial charge is 0.371 e. The molecule has 124 valence electrons. The van der Waals surface area contributed by atoms with Crippen molar-refractivity contribution in [2.45, 2.75) is 45.5 Å². The van der Waals surface area contributed by atoms with E-state index in [2.05, 4.69) is 15.4 Å². The zero-order valence-corrected chi connectivity index (χ0v) is 13.6. The van der Waals surface area contributed by atoms with Crippen molar-refractivity contribution in [3.05, 3.63) is 36.7 Å². The lowest BCUT2D eigenvalue weighted by Crippen LogP contribution is -2.40. The molecule has 1 aliphatic heterocycles. The Morgan fingerprint density at radius 2 is 2.39 bits per heavy atom. The first kappa shape index (κ1) is 15.7. The van der Waals surface area contributed by atoms with Gasteiger partial charge in [0.05, 0.1) is 17.9 Å². The zero-order valence-electron chi connectivity index (χ0n) is 13.6. The standard InChI is InChI=1S/C16H23N5O2/c1-3-21-14(4-6-18-21)15-13(5-9-23-15)16(22)19-12(2)10-20-8-7-17-11-20/h4,6-8,11-13,15H,3,5,9-10H2,1-2H3,(H,19,22)/t12-,13+,15+/m0/s1. The van der Waals surface area contributed by atoms with Crippen LogP contribution in [0.5, 0.6) is 0 Å². The first-order chi connectivity index (χ1) is 11.2. The smallest absolute Gasteiger partial charge is 0.226 e. The molecule has 0 unspecified atom stereocenters. The van der Waals surface area contributed by atoms with Crippen molar-refractivity contribution >= 4 is 5.91 Å². The predicted octanol–water partition coefficient (Wildman–Crippen LogP) is 1.38. The molecule has 7 nitrogen and oxygen atoms in total. The number of carbonyl (C=O) groups is 1. The van der Waals surface area contributed by atoms with Crippen molar-refractivity contribution < 1.29 is 9.53 Å². The summed E-state index contributed by atoms with van der Waals surface area (Å²) in [6, 6.07) is 1.98. The van der Waals surface area contributed by atoms with E-state index in [9.17, 15) is 4.79 Å². The highest BCUT2D eigenvalue weighted by atomic mass is 16.5. The quantitative estimate of drug-likeness (QED) is 0.873. The molecule has 1 fully saturated rings. The third-order valence-electron chi connectivity index (χ3n) is 4.20. The lowest BCUT2D eigenvalue weighted by atomic mass is 9.97. The highest BCUT2D eigenvalue weighted by Gasteiger charge is 2.37. The van der Waals surface area contributed by atoms with Crippen LogP contribution in [0, 0.1) is 5.92 Å². The van der Waals surface area contributed by atoms with Crippen molar-refractivity contribution in [3.63, 3.8) is 0 Å². The van der Waals surface area contributed by atoms with E-state index in [-0.39, 0.29) is 24.0 Å². The van der Waals surface area contributed by atoms with Gasteiger partial charge in [-0.2, -0.15) is 5.10 Å². The van der Waals surface area contributed by atoms with E-state index in [1.54, 1.807) is 18.7 Å². The molecule has 3 rings (SSSR count). The maximum Gasteiger partial charge on any atom is 0.226 e. The van der Waals surface area contributed by atoms with Crippen LogP contribution in [-0.2, 0) is 22.6 Å². The summed E-state index contributed by atoms with van der Waals surface area (Å²) < 4.78 is 9.68. The van der Waals surface area contributed by atoms with Gasteiger partial charge in [-0.05, 0) is 26.3 Å². The molecule has 23 heavy (non-hydrogen) atoms. The third-order valence-corrected chi connectivity index (χ3v) is 4.20. The summed E-state index contributed by atoms with van der Waals surface area (Å²) in [5.41, 5.74) is 0.979. The molecule has 1 saturated heterocycles. The number of ether oxygens (including phenoxy) is 1. The molecule has 7 heteroatoms. The normalized spacial score (nSPS) is 22.2. The summed E-state index contributed by atoms with van der Waals surface area (Å²) in [6.07, 6.45) is 7.67. The first-order valence-corrected chi connectivity index (χ1v) is 8.08. The maximum atomic E-state index is 12.6. The second-order valence-corrected chi connectivity index (χ2v) is 5.93. The van der Waals surface area contributed by atoms with Crippen LogP contribution in [0.4, 0.5) is 0 Å². The molecule has 0 radical (unpaired) electrons. The summed E-state index contributed by atoms with van der Waals surface area (Å²) in [5.74, 6) is -0.119. The van der Waals surface area contributed by atoms with Crippen LogP contribution in [0.1, 0.15) is 32.1 Å². The molecule has 2 aromatic heterocycles. The van der Waals surface area contributed by atoms with Crippen LogP contribution < -0.4 is 5.32 Å². The summed E-state index contributed by atoms with van der Waals surface area (Å²) in [6.45, 7) is 6.12. The fraction of sp³-hybridized carbons (Fsp3) is 0.562. The topological polar surface area (TPSA) is 74.0 Å². The zero-order chi connectivity index (χ0) is 16.2. The molecule has 0 spiro atoms. The average molecular weight is 317 g/mol. The van der Waals surface area contributed by atoms with Gasteiger partial charge < -0.3 is 14.6 Å². The molecule has 3 heterocycles. The number of nitrogens with one attached hydrogen (secondary N) is 1. The fourth-order valence-corrected chi connectivity index (χ4v) is 3.10. The number of rotatable bonds is 6. The molecular formula is C16H23N5O2. The Hall–Kier alpha value is -2.15. The molecule has 0 aromatic carbocycles. The monoisotopic (exact) mass is 317 g/mol. The maximum absolute atomic E-state index is 12.6. The Morgan fingerprint density at radius 3 is 3.13 bits per heavy atom. The molecule has 1 aliphatic rings. The van der Waals surface area contributed by atoms with Crippen LogP contribution >= 0.6 is 0 Å². The van der Waals surface area contributed by atoms with Crippen LogP contribution in [-0.4, -0.2) is 37.9 Å². The fourth-order valence-electron chi connectivity index (χ4n) is 3.10. The van der Waals surface area contributed by atoms with E-state index in [1.807, 2.05) is 35.4 Å². The second kappa shape index (κ2) is 6.95. The van der Waals surface area contributed by atoms with Gasteiger partial charge >= 0.3 is 0 Å². The van der Waals surface area contributed by atoms with Crippen LogP contribution in [0.3, 0.4) is 0 Å². The minimum atomic E-state index is -0.210. The van der Waals surface area contributed by atoms with Crippen molar-refractivity contribution in [3.8, 4) is 0 Å². The lowest BCUT2D eigenvalue weighted by molar-refractivity contribution is -0.127. The number of hydrogen-bond donors (Lipinski definition) is 1. The second-order valence-electron chi connectivity index (χ2n) is 5.93.